The van der Waals surface area contributed by atoms with Crippen molar-refractivity contribution in [3.8, 4) is 11.3 Å². The Bertz CT molecular complexity index is 1110. The predicted molar refractivity (Wildman–Crippen MR) is 114 cm³/mol. The summed E-state index contributed by atoms with van der Waals surface area (Å²) in [5.74, 6) is 0. The van der Waals surface area contributed by atoms with Crippen LogP contribution in [0.25, 0.3) is 11.3 Å². The second-order valence-electron chi connectivity index (χ2n) is 5.87. The number of hydrogen-bond donors (Lipinski definition) is 0. The molecule has 7 heteroatoms. The number of aromatic nitrogens is 1. The van der Waals surface area contributed by atoms with E-state index in [0.717, 1.165) is 27.7 Å². The first-order valence-electron chi connectivity index (χ1n) is 8.39. The Morgan fingerprint density at radius 2 is 1.81 bits per heavy atom. The lowest BCUT2D eigenvalue weighted by atomic mass is 10.2. The highest BCUT2D eigenvalue weighted by molar-refractivity contribution is 9.10. The van der Waals surface area contributed by atoms with Crippen molar-refractivity contribution in [2.24, 2.45) is 4.40 Å². The molecule has 0 atom stereocenters. The molecule has 0 aliphatic rings. The standard InChI is InChI=1S/C20H19BrN2O2S2/c1-3-13-23-19(16-7-9-17(21)10-8-16)14-26-20(23)22-27(24,25)18-11-5-15(4-2)6-12-18/h3,5-12,14H,1,4,13H2,2H3/b22-20+. The van der Waals surface area contributed by atoms with Gasteiger partial charge in [-0.2, -0.15) is 8.42 Å². The van der Waals surface area contributed by atoms with Gasteiger partial charge in [-0.3, -0.25) is 0 Å². The van der Waals surface area contributed by atoms with Crippen LogP contribution in [0.15, 0.2) is 80.3 Å². The molecule has 0 saturated carbocycles. The number of thiazole rings is 1. The predicted octanol–water partition coefficient (Wildman–Crippen LogP) is 5.02. The third-order valence-electron chi connectivity index (χ3n) is 4.08. The molecule has 140 valence electrons. The molecule has 0 N–H and O–H groups in total. The summed E-state index contributed by atoms with van der Waals surface area (Å²) in [6.07, 6.45) is 2.59. The minimum atomic E-state index is -3.78. The maximum Gasteiger partial charge on any atom is 0.285 e. The van der Waals surface area contributed by atoms with Gasteiger partial charge in [0.1, 0.15) is 0 Å². The Labute approximate surface area is 171 Å². The van der Waals surface area contributed by atoms with Crippen molar-refractivity contribution in [3.63, 3.8) is 0 Å². The summed E-state index contributed by atoms with van der Waals surface area (Å²) in [7, 11) is -3.78. The van der Waals surface area contributed by atoms with Gasteiger partial charge >= 0.3 is 0 Å². The highest BCUT2D eigenvalue weighted by Crippen LogP contribution is 2.23. The van der Waals surface area contributed by atoms with Gasteiger partial charge < -0.3 is 4.57 Å². The molecule has 0 spiro atoms. The van der Waals surface area contributed by atoms with E-state index in [1.807, 2.05) is 53.3 Å². The van der Waals surface area contributed by atoms with Gasteiger partial charge in [-0.05, 0) is 41.8 Å². The summed E-state index contributed by atoms with van der Waals surface area (Å²) in [6.45, 7) is 6.28. The van der Waals surface area contributed by atoms with Crippen molar-refractivity contribution < 1.29 is 8.42 Å². The first-order chi connectivity index (χ1) is 12.9. The van der Waals surface area contributed by atoms with Gasteiger partial charge in [0, 0.05) is 16.4 Å². The van der Waals surface area contributed by atoms with Crippen molar-refractivity contribution >= 4 is 37.3 Å². The first-order valence-corrected chi connectivity index (χ1v) is 11.5. The molecule has 27 heavy (non-hydrogen) atoms. The summed E-state index contributed by atoms with van der Waals surface area (Å²) >= 11 is 4.73. The Kier molecular flexibility index (Phi) is 6.14. The number of halogens is 1. The molecule has 3 rings (SSSR count). The van der Waals surface area contributed by atoms with Crippen LogP contribution in [0.5, 0.6) is 0 Å². The average Bonchev–Trinajstić information content (AvgIpc) is 3.04. The van der Waals surface area contributed by atoms with Crippen LogP contribution < -0.4 is 4.80 Å². The fourth-order valence-corrected chi connectivity index (χ4v) is 5.01. The Balaban J connectivity index is 2.09. The van der Waals surface area contributed by atoms with Crippen LogP contribution in [0.4, 0.5) is 0 Å². The lowest BCUT2D eigenvalue weighted by Gasteiger charge is -2.07. The van der Waals surface area contributed by atoms with Crippen molar-refractivity contribution in [1.29, 1.82) is 0 Å². The van der Waals surface area contributed by atoms with Crippen LogP contribution >= 0.6 is 27.3 Å². The van der Waals surface area contributed by atoms with E-state index < -0.39 is 10.0 Å². The van der Waals surface area contributed by atoms with E-state index in [-0.39, 0.29) is 4.90 Å². The second kappa shape index (κ2) is 8.37. The van der Waals surface area contributed by atoms with E-state index in [1.165, 1.54) is 11.3 Å². The molecule has 0 radical (unpaired) electrons. The van der Waals surface area contributed by atoms with Gasteiger partial charge in [-0.25, -0.2) is 0 Å². The summed E-state index contributed by atoms with van der Waals surface area (Å²) in [4.78, 5) is 0.621. The molecular weight excluding hydrogens is 444 g/mol. The van der Waals surface area contributed by atoms with E-state index in [9.17, 15) is 8.42 Å². The first kappa shape index (κ1) is 19.8. The summed E-state index contributed by atoms with van der Waals surface area (Å²) < 4.78 is 32.4. The number of sulfonamides is 1. The average molecular weight is 463 g/mol. The van der Waals surface area contributed by atoms with E-state index in [4.69, 9.17) is 0 Å². The highest BCUT2D eigenvalue weighted by Gasteiger charge is 2.15. The fraction of sp³-hybridized carbons (Fsp3) is 0.150. The van der Waals surface area contributed by atoms with Crippen LogP contribution in [0, 0.1) is 0 Å². The summed E-state index contributed by atoms with van der Waals surface area (Å²) in [5, 5.41) is 1.92. The summed E-state index contributed by atoms with van der Waals surface area (Å²) in [5.41, 5.74) is 2.98. The number of aryl methyl sites for hydroxylation is 1. The molecule has 2 aromatic carbocycles. The van der Waals surface area contributed by atoms with Crippen LogP contribution in [0.2, 0.25) is 0 Å². The minimum absolute atomic E-state index is 0.198. The molecule has 0 unspecified atom stereocenters. The number of rotatable bonds is 6. The van der Waals surface area contributed by atoms with E-state index in [2.05, 4.69) is 26.9 Å². The Hall–Kier alpha value is -1.96. The van der Waals surface area contributed by atoms with Crippen LogP contribution in [-0.2, 0) is 23.0 Å². The number of nitrogens with zero attached hydrogens (tertiary/aromatic N) is 2. The van der Waals surface area contributed by atoms with Gasteiger partial charge in [0.05, 0.1) is 10.6 Å². The summed E-state index contributed by atoms with van der Waals surface area (Å²) in [6, 6.07) is 14.7. The van der Waals surface area contributed by atoms with Crippen molar-refractivity contribution in [2.75, 3.05) is 0 Å². The minimum Gasteiger partial charge on any atom is -0.312 e. The van der Waals surface area contributed by atoms with Crippen molar-refractivity contribution in [1.82, 2.24) is 4.57 Å². The molecule has 1 aromatic heterocycles. The molecule has 0 aliphatic heterocycles. The van der Waals surface area contributed by atoms with E-state index in [1.54, 1.807) is 18.2 Å². The fourth-order valence-electron chi connectivity index (χ4n) is 2.61. The third-order valence-corrected chi connectivity index (χ3v) is 6.87. The van der Waals surface area contributed by atoms with Gasteiger partial charge in [-0.1, -0.05) is 53.2 Å². The molecule has 1 heterocycles. The molecule has 4 nitrogen and oxygen atoms in total. The monoisotopic (exact) mass is 462 g/mol. The SMILES string of the molecule is C=CCn1c(-c2ccc(Br)cc2)cs/c1=N/S(=O)(=O)c1ccc(CC)cc1. The lowest BCUT2D eigenvalue weighted by molar-refractivity contribution is 0.595. The van der Waals surface area contributed by atoms with Crippen molar-refractivity contribution in [2.45, 2.75) is 24.8 Å². The molecule has 3 aromatic rings. The molecule has 0 aliphatic carbocycles. The zero-order valence-corrected chi connectivity index (χ0v) is 18.0. The zero-order chi connectivity index (χ0) is 19.4. The van der Waals surface area contributed by atoms with Crippen LogP contribution in [-0.4, -0.2) is 13.0 Å². The van der Waals surface area contributed by atoms with Gasteiger partial charge in [0.15, 0.2) is 0 Å². The second-order valence-corrected chi connectivity index (χ2v) is 9.23. The lowest BCUT2D eigenvalue weighted by Crippen LogP contribution is -2.17. The van der Waals surface area contributed by atoms with Gasteiger partial charge in [-0.15, -0.1) is 22.3 Å². The van der Waals surface area contributed by atoms with Crippen LogP contribution in [0.1, 0.15) is 12.5 Å². The Morgan fingerprint density at radius 1 is 1.15 bits per heavy atom. The molecule has 0 fully saturated rings. The molecule has 0 bridgehead atoms. The third kappa shape index (κ3) is 4.48. The zero-order valence-electron chi connectivity index (χ0n) is 14.8. The maximum absolute atomic E-state index is 12.7. The van der Waals surface area contributed by atoms with E-state index in [0.29, 0.717) is 11.3 Å². The van der Waals surface area contributed by atoms with Crippen molar-refractivity contribution in [3.05, 3.63) is 81.4 Å². The maximum atomic E-state index is 12.7. The molecule has 0 amide bonds. The molecular formula is C20H19BrN2O2S2. The topological polar surface area (TPSA) is 51.4 Å². The van der Waals surface area contributed by atoms with E-state index >= 15 is 0 Å². The molecule has 0 saturated heterocycles. The number of allylic oxidation sites excluding steroid dienone is 1. The number of hydrogen-bond acceptors (Lipinski definition) is 3. The smallest absolute Gasteiger partial charge is 0.285 e. The van der Waals surface area contributed by atoms with Crippen LogP contribution in [0.3, 0.4) is 0 Å². The Morgan fingerprint density at radius 3 is 2.41 bits per heavy atom. The highest BCUT2D eigenvalue weighted by atomic mass is 79.9. The number of benzene rings is 2. The van der Waals surface area contributed by atoms with Gasteiger partial charge in [0.2, 0.25) is 4.80 Å². The van der Waals surface area contributed by atoms with Gasteiger partial charge in [0.25, 0.3) is 10.0 Å². The normalized spacial score (nSPS) is 12.3. The largest absolute Gasteiger partial charge is 0.312 e. The quantitative estimate of drug-likeness (QED) is 0.483.